The van der Waals surface area contributed by atoms with Crippen LogP contribution in [-0.2, 0) is 11.3 Å². The third-order valence-corrected chi connectivity index (χ3v) is 1.85. The number of esters is 1. The Morgan fingerprint density at radius 2 is 2.33 bits per heavy atom. The molecule has 78 valence electrons. The Balaban J connectivity index is 3.15. The Morgan fingerprint density at radius 3 is 2.93 bits per heavy atom. The lowest BCUT2D eigenvalue weighted by Gasteiger charge is -2.02. The second-order valence-electron chi connectivity index (χ2n) is 2.77. The van der Waals surface area contributed by atoms with Gasteiger partial charge in [-0.1, -0.05) is 5.92 Å². The molecular weight excluding hydrogens is 194 g/mol. The summed E-state index contributed by atoms with van der Waals surface area (Å²) in [4.78, 5) is 22.9. The fraction of sp³-hybridized carbons (Fsp3) is 0.273. The summed E-state index contributed by atoms with van der Waals surface area (Å²) in [5.41, 5.74) is -0.356. The molecule has 0 unspecified atom stereocenters. The van der Waals surface area contributed by atoms with Crippen molar-refractivity contribution in [2.24, 2.45) is 0 Å². The van der Waals surface area contributed by atoms with E-state index in [9.17, 15) is 9.59 Å². The lowest BCUT2D eigenvalue weighted by Crippen LogP contribution is -2.25. The van der Waals surface area contributed by atoms with Gasteiger partial charge in [-0.2, -0.15) is 0 Å². The molecule has 0 aromatic carbocycles. The highest BCUT2D eigenvalue weighted by Gasteiger charge is 2.11. The van der Waals surface area contributed by atoms with Gasteiger partial charge >= 0.3 is 5.97 Å². The van der Waals surface area contributed by atoms with E-state index < -0.39 is 5.97 Å². The van der Waals surface area contributed by atoms with Gasteiger partial charge in [0.2, 0.25) is 0 Å². The lowest BCUT2D eigenvalue weighted by molar-refractivity contribution is 0.0598. The second-order valence-corrected chi connectivity index (χ2v) is 2.77. The van der Waals surface area contributed by atoms with Crippen molar-refractivity contribution in [3.05, 3.63) is 34.2 Å². The summed E-state index contributed by atoms with van der Waals surface area (Å²) in [6.45, 7) is 1.97. The van der Waals surface area contributed by atoms with E-state index in [1.165, 1.54) is 17.7 Å². The smallest absolute Gasteiger partial charge is 0.343 e. The SMILES string of the molecule is CC#CCn1cccc(C(=O)OC)c1=O. The van der Waals surface area contributed by atoms with Crippen molar-refractivity contribution in [1.82, 2.24) is 4.57 Å². The standard InChI is InChI=1S/C11H11NO3/c1-3-4-7-12-8-5-6-9(10(12)13)11(14)15-2/h5-6,8H,7H2,1-2H3. The predicted octanol–water partition coefficient (Wildman–Crippen LogP) is 0.658. The van der Waals surface area contributed by atoms with Crippen LogP contribution in [0.5, 0.6) is 0 Å². The summed E-state index contributed by atoms with van der Waals surface area (Å²) in [6, 6.07) is 3.05. The number of rotatable bonds is 2. The van der Waals surface area contributed by atoms with Crippen LogP contribution >= 0.6 is 0 Å². The number of aromatic nitrogens is 1. The molecule has 0 atom stereocenters. The molecule has 0 radical (unpaired) electrons. The summed E-state index contributed by atoms with van der Waals surface area (Å²) in [5.74, 6) is 4.80. The zero-order chi connectivity index (χ0) is 11.3. The van der Waals surface area contributed by atoms with Crippen LogP contribution < -0.4 is 5.56 Å². The Kier molecular flexibility index (Phi) is 3.69. The van der Waals surface area contributed by atoms with Crippen LogP contribution in [0.2, 0.25) is 0 Å². The maximum Gasteiger partial charge on any atom is 0.343 e. The fourth-order valence-corrected chi connectivity index (χ4v) is 1.09. The highest BCUT2D eigenvalue weighted by molar-refractivity contribution is 5.88. The Morgan fingerprint density at radius 1 is 1.60 bits per heavy atom. The predicted molar refractivity (Wildman–Crippen MR) is 55.5 cm³/mol. The number of carbonyl (C=O) groups excluding carboxylic acids is 1. The number of methoxy groups -OCH3 is 1. The van der Waals surface area contributed by atoms with Gasteiger partial charge in [0.1, 0.15) is 5.56 Å². The van der Waals surface area contributed by atoms with Gasteiger partial charge in [0.25, 0.3) is 5.56 Å². The highest BCUT2D eigenvalue weighted by Crippen LogP contribution is 1.94. The van der Waals surface area contributed by atoms with E-state index in [0.29, 0.717) is 0 Å². The maximum atomic E-state index is 11.7. The minimum Gasteiger partial charge on any atom is -0.465 e. The molecular formula is C11H11NO3. The zero-order valence-electron chi connectivity index (χ0n) is 8.61. The number of carbonyl (C=O) groups is 1. The molecule has 4 heteroatoms. The van der Waals surface area contributed by atoms with Crippen molar-refractivity contribution in [1.29, 1.82) is 0 Å². The largest absolute Gasteiger partial charge is 0.465 e. The number of ether oxygens (including phenoxy) is 1. The van der Waals surface area contributed by atoms with E-state index in [2.05, 4.69) is 16.6 Å². The van der Waals surface area contributed by atoms with Gasteiger partial charge in [-0.3, -0.25) is 4.79 Å². The third kappa shape index (κ3) is 2.47. The topological polar surface area (TPSA) is 48.3 Å². The molecule has 0 saturated carbocycles. The van der Waals surface area contributed by atoms with Gasteiger partial charge in [-0.25, -0.2) is 4.79 Å². The van der Waals surface area contributed by atoms with Gasteiger partial charge in [-0.05, 0) is 19.1 Å². The number of hydrogen-bond acceptors (Lipinski definition) is 3. The minimum atomic E-state index is -0.626. The Bertz CT molecular complexity index is 477. The van der Waals surface area contributed by atoms with Crippen molar-refractivity contribution in [2.45, 2.75) is 13.5 Å². The monoisotopic (exact) mass is 205 g/mol. The van der Waals surface area contributed by atoms with Crippen LogP contribution in [0.25, 0.3) is 0 Å². The molecule has 0 saturated heterocycles. The zero-order valence-corrected chi connectivity index (χ0v) is 8.61. The van der Waals surface area contributed by atoms with Gasteiger partial charge < -0.3 is 9.30 Å². The van der Waals surface area contributed by atoms with Crippen molar-refractivity contribution < 1.29 is 9.53 Å². The summed E-state index contributed by atoms with van der Waals surface area (Å²) < 4.78 is 5.85. The first-order chi connectivity index (χ1) is 7.20. The van der Waals surface area contributed by atoms with Crippen LogP contribution in [0.1, 0.15) is 17.3 Å². The third-order valence-electron chi connectivity index (χ3n) is 1.85. The second kappa shape index (κ2) is 5.01. The van der Waals surface area contributed by atoms with Crippen LogP contribution in [-0.4, -0.2) is 17.6 Å². The molecule has 0 aliphatic heterocycles. The molecule has 0 aliphatic carbocycles. The normalized spacial score (nSPS) is 8.93. The molecule has 0 spiro atoms. The average molecular weight is 205 g/mol. The summed E-state index contributed by atoms with van der Waals surface area (Å²) in [5, 5.41) is 0. The molecule has 15 heavy (non-hydrogen) atoms. The van der Waals surface area contributed by atoms with Crippen molar-refractivity contribution in [2.75, 3.05) is 7.11 Å². The molecule has 1 rings (SSSR count). The van der Waals surface area contributed by atoms with E-state index in [0.717, 1.165) is 0 Å². The van der Waals surface area contributed by atoms with Gasteiger partial charge in [0.15, 0.2) is 0 Å². The Hall–Kier alpha value is -2.02. The Labute approximate surface area is 87.5 Å². The summed E-state index contributed by atoms with van der Waals surface area (Å²) in [6.07, 6.45) is 1.58. The molecule has 0 bridgehead atoms. The van der Waals surface area contributed by atoms with Crippen LogP contribution in [0.3, 0.4) is 0 Å². The molecule has 4 nitrogen and oxygen atoms in total. The average Bonchev–Trinajstić information content (AvgIpc) is 2.27. The summed E-state index contributed by atoms with van der Waals surface area (Å²) in [7, 11) is 1.24. The number of pyridine rings is 1. The summed E-state index contributed by atoms with van der Waals surface area (Å²) >= 11 is 0. The molecule has 0 N–H and O–H groups in total. The van der Waals surface area contributed by atoms with Crippen molar-refractivity contribution >= 4 is 5.97 Å². The van der Waals surface area contributed by atoms with E-state index in [1.54, 1.807) is 19.2 Å². The highest BCUT2D eigenvalue weighted by atomic mass is 16.5. The first-order valence-electron chi connectivity index (χ1n) is 4.38. The minimum absolute atomic E-state index is 0.0258. The fourth-order valence-electron chi connectivity index (χ4n) is 1.09. The van der Waals surface area contributed by atoms with E-state index >= 15 is 0 Å². The number of hydrogen-bond donors (Lipinski definition) is 0. The first-order valence-corrected chi connectivity index (χ1v) is 4.38. The van der Waals surface area contributed by atoms with Gasteiger partial charge in [-0.15, -0.1) is 5.92 Å². The van der Waals surface area contributed by atoms with Gasteiger partial charge in [0, 0.05) is 6.20 Å². The molecule has 1 aromatic rings. The van der Waals surface area contributed by atoms with Crippen LogP contribution in [0, 0.1) is 11.8 Å². The van der Waals surface area contributed by atoms with E-state index in [4.69, 9.17) is 0 Å². The molecule has 1 aromatic heterocycles. The van der Waals surface area contributed by atoms with E-state index in [-0.39, 0.29) is 17.7 Å². The molecule has 1 heterocycles. The van der Waals surface area contributed by atoms with Gasteiger partial charge in [0.05, 0.1) is 13.7 Å². The van der Waals surface area contributed by atoms with Crippen LogP contribution in [0.15, 0.2) is 23.1 Å². The lowest BCUT2D eigenvalue weighted by atomic mass is 10.3. The maximum absolute atomic E-state index is 11.7. The van der Waals surface area contributed by atoms with Crippen LogP contribution in [0.4, 0.5) is 0 Å². The first kappa shape index (κ1) is 11.1. The van der Waals surface area contributed by atoms with Crippen molar-refractivity contribution in [3.8, 4) is 11.8 Å². The van der Waals surface area contributed by atoms with Crippen molar-refractivity contribution in [3.63, 3.8) is 0 Å². The van der Waals surface area contributed by atoms with E-state index in [1.807, 2.05) is 0 Å². The quantitative estimate of drug-likeness (QED) is 0.526. The molecule has 0 fully saturated rings. The molecule has 0 aliphatic rings. The number of nitrogens with zero attached hydrogens (tertiary/aromatic N) is 1. The molecule has 0 amide bonds.